The second kappa shape index (κ2) is 6.06. The monoisotopic (exact) mass is 325 g/mol. The minimum Gasteiger partial charge on any atom is -0.481 e. The van der Waals surface area contributed by atoms with Crippen molar-refractivity contribution in [1.29, 1.82) is 0 Å². The summed E-state index contributed by atoms with van der Waals surface area (Å²) in [4.78, 5) is 24.4. The normalized spacial score (nSPS) is 16.4. The number of benzene rings is 1. The number of carboxylic acid groups (broad SMARTS) is 1. The predicted octanol–water partition coefficient (Wildman–Crippen LogP) is 2.67. The molecule has 1 heterocycles. The van der Waals surface area contributed by atoms with Crippen LogP contribution in [0.15, 0.2) is 24.3 Å². The number of carboxylic acids is 1. The predicted molar refractivity (Wildman–Crippen MR) is 79.8 cm³/mol. The van der Waals surface area contributed by atoms with Crippen LogP contribution in [0.2, 0.25) is 0 Å². The molecule has 0 aromatic heterocycles. The number of nitrogens with zero attached hydrogens (tertiary/aromatic N) is 1. The lowest BCUT2D eigenvalue weighted by Crippen LogP contribution is -2.67. The SMILES string of the molecule is CC(C)(C)OC(=O)N1CC(CC(=O)O)(Oc2ccccc2F)C1. The van der Waals surface area contributed by atoms with Crippen LogP contribution in [0.3, 0.4) is 0 Å². The third-order valence-electron chi connectivity index (χ3n) is 3.25. The molecule has 1 aliphatic heterocycles. The first-order valence-corrected chi connectivity index (χ1v) is 7.23. The topological polar surface area (TPSA) is 76.1 Å². The van der Waals surface area contributed by atoms with Crippen molar-refractivity contribution < 1.29 is 28.6 Å². The molecule has 1 N–H and O–H groups in total. The van der Waals surface area contributed by atoms with Gasteiger partial charge in [-0.15, -0.1) is 0 Å². The lowest BCUT2D eigenvalue weighted by molar-refractivity contribution is -0.149. The van der Waals surface area contributed by atoms with Crippen LogP contribution in [-0.4, -0.2) is 46.4 Å². The Morgan fingerprint density at radius 3 is 2.43 bits per heavy atom. The van der Waals surface area contributed by atoms with E-state index in [1.54, 1.807) is 26.8 Å². The van der Waals surface area contributed by atoms with Gasteiger partial charge in [0.1, 0.15) is 5.60 Å². The summed E-state index contributed by atoms with van der Waals surface area (Å²) in [5.41, 5.74) is -1.79. The van der Waals surface area contributed by atoms with Crippen molar-refractivity contribution in [1.82, 2.24) is 4.90 Å². The molecular weight excluding hydrogens is 305 g/mol. The van der Waals surface area contributed by atoms with Crippen LogP contribution in [-0.2, 0) is 9.53 Å². The van der Waals surface area contributed by atoms with Gasteiger partial charge in [-0.2, -0.15) is 0 Å². The number of halogens is 1. The molecule has 0 spiro atoms. The van der Waals surface area contributed by atoms with Crippen molar-refractivity contribution in [3.8, 4) is 5.75 Å². The van der Waals surface area contributed by atoms with Gasteiger partial charge in [0, 0.05) is 0 Å². The van der Waals surface area contributed by atoms with Gasteiger partial charge in [-0.1, -0.05) is 12.1 Å². The lowest BCUT2D eigenvalue weighted by atomic mass is 9.90. The molecule has 0 bridgehead atoms. The molecule has 0 aliphatic carbocycles. The van der Waals surface area contributed by atoms with E-state index in [1.165, 1.54) is 23.1 Å². The average molecular weight is 325 g/mol. The molecule has 7 heteroatoms. The quantitative estimate of drug-likeness (QED) is 0.921. The standard InChI is InChI=1S/C16H20FNO5/c1-15(2,3)23-14(21)18-9-16(10-18,8-13(19)20)22-12-7-5-4-6-11(12)17/h4-7H,8-10H2,1-3H3,(H,19,20). The van der Waals surface area contributed by atoms with Gasteiger partial charge in [0.2, 0.25) is 0 Å². The number of carbonyl (C=O) groups excluding carboxylic acids is 1. The van der Waals surface area contributed by atoms with Crippen LogP contribution in [0.5, 0.6) is 5.75 Å². The van der Waals surface area contributed by atoms with Gasteiger partial charge in [0.05, 0.1) is 19.5 Å². The Bertz CT molecular complexity index is 605. The van der Waals surface area contributed by atoms with Crippen LogP contribution in [0.25, 0.3) is 0 Å². The fourth-order valence-corrected chi connectivity index (χ4v) is 2.35. The third kappa shape index (κ3) is 4.34. The Morgan fingerprint density at radius 2 is 1.91 bits per heavy atom. The van der Waals surface area contributed by atoms with E-state index in [1.807, 2.05) is 0 Å². The van der Waals surface area contributed by atoms with Gasteiger partial charge in [-0.25, -0.2) is 9.18 Å². The maximum Gasteiger partial charge on any atom is 0.410 e. The van der Waals surface area contributed by atoms with E-state index in [2.05, 4.69) is 0 Å². The summed E-state index contributed by atoms with van der Waals surface area (Å²) in [7, 11) is 0. The average Bonchev–Trinajstić information content (AvgIpc) is 2.35. The molecule has 2 rings (SSSR count). The zero-order valence-electron chi connectivity index (χ0n) is 13.3. The Labute approximate surface area is 133 Å². The minimum absolute atomic E-state index is 0.0300. The van der Waals surface area contributed by atoms with E-state index < -0.39 is 29.1 Å². The number of ether oxygens (including phenoxy) is 2. The molecule has 1 fully saturated rings. The highest BCUT2D eigenvalue weighted by molar-refractivity contribution is 5.72. The Hall–Kier alpha value is -2.31. The number of hydrogen-bond donors (Lipinski definition) is 1. The number of rotatable bonds is 4. The van der Waals surface area contributed by atoms with Crippen LogP contribution in [0.4, 0.5) is 9.18 Å². The van der Waals surface area contributed by atoms with E-state index in [4.69, 9.17) is 14.6 Å². The largest absolute Gasteiger partial charge is 0.481 e. The molecule has 0 radical (unpaired) electrons. The number of hydrogen-bond acceptors (Lipinski definition) is 4. The summed E-state index contributed by atoms with van der Waals surface area (Å²) in [5.74, 6) is -1.68. The smallest absolute Gasteiger partial charge is 0.410 e. The van der Waals surface area contributed by atoms with Gasteiger partial charge in [-0.3, -0.25) is 9.69 Å². The second-order valence-corrected chi connectivity index (χ2v) is 6.62. The summed E-state index contributed by atoms with van der Waals surface area (Å²) in [5, 5.41) is 9.06. The Morgan fingerprint density at radius 1 is 1.30 bits per heavy atom. The molecule has 1 amide bonds. The zero-order valence-corrected chi connectivity index (χ0v) is 13.3. The molecule has 1 aliphatic rings. The number of likely N-dealkylation sites (tertiary alicyclic amines) is 1. The fourth-order valence-electron chi connectivity index (χ4n) is 2.35. The second-order valence-electron chi connectivity index (χ2n) is 6.62. The number of aliphatic carboxylic acids is 1. The van der Waals surface area contributed by atoms with E-state index in [0.29, 0.717) is 0 Å². The number of amides is 1. The van der Waals surface area contributed by atoms with Crippen LogP contribution < -0.4 is 4.74 Å². The maximum atomic E-state index is 13.7. The first-order chi connectivity index (χ1) is 10.6. The molecule has 23 heavy (non-hydrogen) atoms. The zero-order chi connectivity index (χ0) is 17.3. The van der Waals surface area contributed by atoms with Crippen molar-refractivity contribution >= 4 is 12.1 Å². The Kier molecular flexibility index (Phi) is 4.49. The highest BCUT2D eigenvalue weighted by Crippen LogP contribution is 2.33. The summed E-state index contributed by atoms with van der Waals surface area (Å²) < 4.78 is 24.5. The summed E-state index contributed by atoms with van der Waals surface area (Å²) in [6.45, 7) is 5.28. The molecule has 0 saturated carbocycles. The first-order valence-electron chi connectivity index (χ1n) is 7.23. The van der Waals surface area contributed by atoms with E-state index >= 15 is 0 Å². The van der Waals surface area contributed by atoms with Gasteiger partial charge < -0.3 is 14.6 Å². The maximum absolute atomic E-state index is 13.7. The van der Waals surface area contributed by atoms with Crippen molar-refractivity contribution in [2.24, 2.45) is 0 Å². The summed E-state index contributed by atoms with van der Waals surface area (Å²) in [6.07, 6.45) is -0.878. The molecule has 0 unspecified atom stereocenters. The van der Waals surface area contributed by atoms with Crippen molar-refractivity contribution in [2.45, 2.75) is 38.4 Å². The molecule has 1 aromatic rings. The summed E-state index contributed by atoms with van der Waals surface area (Å²) in [6, 6.07) is 5.76. The van der Waals surface area contributed by atoms with Gasteiger partial charge in [0.15, 0.2) is 17.2 Å². The highest BCUT2D eigenvalue weighted by atomic mass is 19.1. The molecule has 126 valence electrons. The number of para-hydroxylation sites is 1. The molecular formula is C16H20FNO5. The first kappa shape index (κ1) is 17.1. The number of carbonyl (C=O) groups is 2. The third-order valence-corrected chi connectivity index (χ3v) is 3.25. The van der Waals surface area contributed by atoms with Crippen molar-refractivity contribution in [2.75, 3.05) is 13.1 Å². The van der Waals surface area contributed by atoms with Crippen molar-refractivity contribution in [3.63, 3.8) is 0 Å². The van der Waals surface area contributed by atoms with Crippen LogP contribution in [0, 0.1) is 5.82 Å². The van der Waals surface area contributed by atoms with Gasteiger partial charge in [-0.05, 0) is 32.9 Å². The van der Waals surface area contributed by atoms with Gasteiger partial charge in [0.25, 0.3) is 0 Å². The molecule has 0 atom stereocenters. The lowest BCUT2D eigenvalue weighted by Gasteiger charge is -2.48. The fraction of sp³-hybridized carbons (Fsp3) is 0.500. The van der Waals surface area contributed by atoms with E-state index in [9.17, 15) is 14.0 Å². The molecule has 6 nitrogen and oxygen atoms in total. The summed E-state index contributed by atoms with van der Waals surface area (Å²) >= 11 is 0. The highest BCUT2D eigenvalue weighted by Gasteiger charge is 2.50. The Balaban J connectivity index is 2.08. The van der Waals surface area contributed by atoms with Crippen LogP contribution in [0.1, 0.15) is 27.2 Å². The van der Waals surface area contributed by atoms with Crippen LogP contribution >= 0.6 is 0 Å². The van der Waals surface area contributed by atoms with E-state index in [0.717, 1.165) is 0 Å². The minimum atomic E-state index is -1.15. The van der Waals surface area contributed by atoms with E-state index in [-0.39, 0.29) is 25.3 Å². The molecule has 1 aromatic carbocycles. The van der Waals surface area contributed by atoms with Crippen molar-refractivity contribution in [3.05, 3.63) is 30.1 Å². The molecule has 1 saturated heterocycles. The van der Waals surface area contributed by atoms with Gasteiger partial charge >= 0.3 is 12.1 Å².